The van der Waals surface area contributed by atoms with Gasteiger partial charge >= 0.3 is 0 Å². The number of pyridine rings is 1. The lowest BCUT2D eigenvalue weighted by atomic mass is 10.0. The Kier molecular flexibility index (Phi) is 2.58. The van der Waals surface area contributed by atoms with Gasteiger partial charge in [-0.25, -0.2) is 9.97 Å². The van der Waals surface area contributed by atoms with E-state index in [0.29, 0.717) is 0 Å². The van der Waals surface area contributed by atoms with Crippen LogP contribution in [0.1, 0.15) is 5.56 Å². The van der Waals surface area contributed by atoms with Crippen LogP contribution in [-0.2, 0) is 0 Å². The largest absolute Gasteiger partial charge is 0.281 e. The van der Waals surface area contributed by atoms with Crippen LogP contribution in [0.25, 0.3) is 37.5 Å². The van der Waals surface area contributed by atoms with Crippen molar-refractivity contribution in [3.63, 3.8) is 0 Å². The molecule has 0 fully saturated rings. The second-order valence-corrected chi connectivity index (χ2v) is 6.64. The van der Waals surface area contributed by atoms with E-state index in [1.54, 1.807) is 11.3 Å². The molecule has 0 spiro atoms. The smallest absolute Gasteiger partial charge is 0.197 e. The SMILES string of the molecule is Cc1ccccc1-c1cnc2sc3nc4ccccc4n3c2c1. The quantitative estimate of drug-likeness (QED) is 0.432. The third-order valence-electron chi connectivity index (χ3n) is 4.25. The van der Waals surface area contributed by atoms with Crippen LogP contribution >= 0.6 is 11.3 Å². The summed E-state index contributed by atoms with van der Waals surface area (Å²) in [5, 5.41) is 0. The molecule has 0 bridgehead atoms. The Labute approximate surface area is 136 Å². The number of imidazole rings is 1. The van der Waals surface area contributed by atoms with Crippen LogP contribution in [0, 0.1) is 6.92 Å². The molecule has 0 aliphatic rings. The number of benzene rings is 2. The van der Waals surface area contributed by atoms with E-state index < -0.39 is 0 Å². The lowest BCUT2D eigenvalue weighted by Crippen LogP contribution is -1.87. The molecule has 3 heterocycles. The van der Waals surface area contributed by atoms with Crippen molar-refractivity contribution in [3.05, 3.63) is 66.4 Å². The van der Waals surface area contributed by atoms with Crippen molar-refractivity contribution in [3.8, 4) is 11.1 Å². The van der Waals surface area contributed by atoms with E-state index in [1.165, 1.54) is 11.1 Å². The van der Waals surface area contributed by atoms with Gasteiger partial charge in [-0.2, -0.15) is 0 Å². The molecular weight excluding hydrogens is 302 g/mol. The van der Waals surface area contributed by atoms with E-state index in [-0.39, 0.29) is 0 Å². The summed E-state index contributed by atoms with van der Waals surface area (Å²) in [7, 11) is 0. The van der Waals surface area contributed by atoms with E-state index in [9.17, 15) is 0 Å². The van der Waals surface area contributed by atoms with Gasteiger partial charge in [0.1, 0.15) is 4.83 Å². The van der Waals surface area contributed by atoms with Gasteiger partial charge in [0.2, 0.25) is 0 Å². The van der Waals surface area contributed by atoms with Gasteiger partial charge in [0.15, 0.2) is 4.96 Å². The Morgan fingerprint density at radius 2 is 1.78 bits per heavy atom. The summed E-state index contributed by atoms with van der Waals surface area (Å²) < 4.78 is 2.21. The Bertz CT molecular complexity index is 1180. The first-order chi connectivity index (χ1) is 11.3. The Morgan fingerprint density at radius 3 is 2.70 bits per heavy atom. The number of thiazole rings is 1. The number of hydrogen-bond donors (Lipinski definition) is 0. The van der Waals surface area contributed by atoms with E-state index in [1.807, 2.05) is 12.3 Å². The predicted octanol–water partition coefficient (Wildman–Crippen LogP) is 5.07. The molecule has 0 radical (unpaired) electrons. The second kappa shape index (κ2) is 4.64. The summed E-state index contributed by atoms with van der Waals surface area (Å²) in [6.07, 6.45) is 1.96. The summed E-state index contributed by atoms with van der Waals surface area (Å²) in [5.74, 6) is 0. The average molecular weight is 315 g/mol. The highest BCUT2D eigenvalue weighted by atomic mass is 32.1. The van der Waals surface area contributed by atoms with Crippen molar-refractivity contribution in [1.29, 1.82) is 0 Å². The summed E-state index contributed by atoms with van der Waals surface area (Å²) in [5.41, 5.74) is 6.92. The highest BCUT2D eigenvalue weighted by Gasteiger charge is 2.13. The van der Waals surface area contributed by atoms with Crippen molar-refractivity contribution >= 4 is 37.7 Å². The normalized spacial score (nSPS) is 11.7. The zero-order chi connectivity index (χ0) is 15.4. The molecule has 0 N–H and O–H groups in total. The molecule has 0 atom stereocenters. The van der Waals surface area contributed by atoms with Crippen molar-refractivity contribution in [1.82, 2.24) is 14.4 Å². The molecule has 110 valence electrons. The molecule has 3 aromatic heterocycles. The standard InChI is InChI=1S/C19H13N3S/c1-12-6-2-3-7-14(12)13-10-17-18(20-11-13)23-19-21-15-8-4-5-9-16(15)22(17)19/h2-11H,1H3. The average Bonchev–Trinajstić information content (AvgIpc) is 3.10. The fraction of sp³-hybridized carbons (Fsp3) is 0.0526. The molecule has 23 heavy (non-hydrogen) atoms. The van der Waals surface area contributed by atoms with Crippen LogP contribution in [0.5, 0.6) is 0 Å². The van der Waals surface area contributed by atoms with Gasteiger partial charge < -0.3 is 0 Å². The summed E-state index contributed by atoms with van der Waals surface area (Å²) in [6.45, 7) is 2.13. The number of hydrogen-bond acceptors (Lipinski definition) is 3. The molecule has 4 heteroatoms. The first-order valence-corrected chi connectivity index (χ1v) is 8.35. The number of rotatable bonds is 1. The summed E-state index contributed by atoms with van der Waals surface area (Å²) >= 11 is 1.64. The molecule has 3 nitrogen and oxygen atoms in total. The van der Waals surface area contributed by atoms with Gasteiger partial charge in [0.25, 0.3) is 0 Å². The second-order valence-electron chi connectivity index (χ2n) is 5.68. The van der Waals surface area contributed by atoms with Gasteiger partial charge in [-0.05, 0) is 36.2 Å². The van der Waals surface area contributed by atoms with Crippen LogP contribution in [0.2, 0.25) is 0 Å². The molecule has 0 aliphatic carbocycles. The molecule has 0 saturated carbocycles. The van der Waals surface area contributed by atoms with Gasteiger partial charge in [-0.3, -0.25) is 4.40 Å². The Balaban J connectivity index is 1.88. The minimum Gasteiger partial charge on any atom is -0.281 e. The number of aromatic nitrogens is 3. The fourth-order valence-corrected chi connectivity index (χ4v) is 4.08. The van der Waals surface area contributed by atoms with Crippen LogP contribution in [0.4, 0.5) is 0 Å². The van der Waals surface area contributed by atoms with Gasteiger partial charge in [-0.15, -0.1) is 0 Å². The predicted molar refractivity (Wildman–Crippen MR) is 96.0 cm³/mol. The van der Waals surface area contributed by atoms with Crippen molar-refractivity contribution in [2.75, 3.05) is 0 Å². The number of nitrogens with zero attached hydrogens (tertiary/aromatic N) is 3. The minimum absolute atomic E-state index is 0.996. The maximum absolute atomic E-state index is 4.71. The highest BCUT2D eigenvalue weighted by Crippen LogP contribution is 2.32. The Morgan fingerprint density at radius 1 is 0.957 bits per heavy atom. The summed E-state index contributed by atoms with van der Waals surface area (Å²) in [4.78, 5) is 11.4. The van der Waals surface area contributed by atoms with E-state index >= 15 is 0 Å². The molecule has 0 unspecified atom stereocenters. The lowest BCUT2D eigenvalue weighted by Gasteiger charge is -2.05. The zero-order valence-electron chi connectivity index (χ0n) is 12.5. The monoisotopic (exact) mass is 315 g/mol. The van der Waals surface area contributed by atoms with Crippen molar-refractivity contribution < 1.29 is 0 Å². The molecule has 5 aromatic rings. The number of fused-ring (bicyclic) bond motifs is 5. The van der Waals surface area contributed by atoms with E-state index in [2.05, 4.69) is 64.8 Å². The Hall–Kier alpha value is -2.72. The maximum Gasteiger partial charge on any atom is 0.197 e. The topological polar surface area (TPSA) is 30.2 Å². The number of para-hydroxylation sites is 2. The first-order valence-electron chi connectivity index (χ1n) is 7.53. The molecule has 0 amide bonds. The first kappa shape index (κ1) is 12.8. The van der Waals surface area contributed by atoms with Gasteiger partial charge in [0, 0.05) is 11.8 Å². The maximum atomic E-state index is 4.71. The third kappa shape index (κ3) is 1.82. The van der Waals surface area contributed by atoms with Crippen LogP contribution in [0.3, 0.4) is 0 Å². The third-order valence-corrected chi connectivity index (χ3v) is 5.21. The lowest BCUT2D eigenvalue weighted by molar-refractivity contribution is 1.32. The van der Waals surface area contributed by atoms with Crippen LogP contribution in [0.15, 0.2) is 60.8 Å². The van der Waals surface area contributed by atoms with Crippen molar-refractivity contribution in [2.24, 2.45) is 0 Å². The molecular formula is C19H13N3S. The fourth-order valence-electron chi connectivity index (χ4n) is 3.12. The van der Waals surface area contributed by atoms with Crippen LogP contribution in [-0.4, -0.2) is 14.4 Å². The van der Waals surface area contributed by atoms with Crippen LogP contribution < -0.4 is 0 Å². The molecule has 5 rings (SSSR count). The molecule has 0 saturated heterocycles. The van der Waals surface area contributed by atoms with Gasteiger partial charge in [0.05, 0.1) is 16.6 Å². The van der Waals surface area contributed by atoms with E-state index in [4.69, 9.17) is 4.98 Å². The minimum atomic E-state index is 0.996. The highest BCUT2D eigenvalue weighted by molar-refractivity contribution is 7.23. The van der Waals surface area contributed by atoms with Gasteiger partial charge in [-0.1, -0.05) is 47.7 Å². The number of aryl methyl sites for hydroxylation is 1. The van der Waals surface area contributed by atoms with Crippen molar-refractivity contribution in [2.45, 2.75) is 6.92 Å². The van der Waals surface area contributed by atoms with E-state index in [0.717, 1.165) is 31.9 Å². The summed E-state index contributed by atoms with van der Waals surface area (Å²) in [6, 6.07) is 18.9. The molecule has 2 aromatic carbocycles. The zero-order valence-corrected chi connectivity index (χ0v) is 13.3. The molecule has 0 aliphatic heterocycles.